The normalized spacial score (nSPS) is 16.6. The summed E-state index contributed by atoms with van der Waals surface area (Å²) in [7, 11) is 0. The Morgan fingerprint density at radius 3 is 2.67 bits per heavy atom. The molecule has 7 heteroatoms. The Balaban J connectivity index is 1.90. The van der Waals surface area contributed by atoms with Gasteiger partial charge in [0.05, 0.1) is 32.8 Å². The fraction of sp³-hybridized carbons (Fsp3) is 0.529. The number of hydrogen-bond donors (Lipinski definition) is 2. The maximum atomic E-state index is 12.5. The Bertz CT molecular complexity index is 601. The maximum Gasteiger partial charge on any atom is 0.410 e. The number of halogens is 1. The molecule has 0 aliphatic carbocycles. The highest BCUT2D eigenvalue weighted by Crippen LogP contribution is 2.20. The van der Waals surface area contributed by atoms with E-state index >= 15 is 0 Å². The van der Waals surface area contributed by atoms with Crippen LogP contribution in [0.1, 0.15) is 19.4 Å². The average molecular weight is 355 g/mol. The third kappa shape index (κ3) is 4.61. The number of anilines is 1. The van der Waals surface area contributed by atoms with E-state index in [0.29, 0.717) is 24.7 Å². The number of aryl methyl sites for hydroxylation is 1. The second-order valence-corrected chi connectivity index (χ2v) is 6.45. The predicted molar refractivity (Wildman–Crippen MR) is 93.6 cm³/mol. The van der Waals surface area contributed by atoms with Crippen LogP contribution in [0.3, 0.4) is 0 Å². The van der Waals surface area contributed by atoms with E-state index in [9.17, 15) is 9.59 Å². The van der Waals surface area contributed by atoms with Crippen LogP contribution in [0.15, 0.2) is 18.2 Å². The Morgan fingerprint density at radius 1 is 1.38 bits per heavy atom. The van der Waals surface area contributed by atoms with E-state index < -0.39 is 0 Å². The van der Waals surface area contributed by atoms with Crippen LogP contribution in [0.5, 0.6) is 0 Å². The van der Waals surface area contributed by atoms with Gasteiger partial charge in [-0.15, -0.1) is 0 Å². The first-order valence-electron chi connectivity index (χ1n) is 8.25. The molecule has 0 radical (unpaired) electrons. The van der Waals surface area contributed by atoms with E-state index in [0.717, 1.165) is 29.2 Å². The van der Waals surface area contributed by atoms with Crippen LogP contribution >= 0.6 is 11.6 Å². The quantitative estimate of drug-likeness (QED) is 0.857. The number of ether oxygens (including phenoxy) is 1. The number of quaternary nitrogens is 1. The van der Waals surface area contributed by atoms with Crippen molar-refractivity contribution in [3.8, 4) is 0 Å². The smallest absolute Gasteiger partial charge is 0.410 e. The number of benzene rings is 1. The van der Waals surface area contributed by atoms with E-state index in [4.69, 9.17) is 16.3 Å². The van der Waals surface area contributed by atoms with Gasteiger partial charge in [-0.25, -0.2) is 4.79 Å². The number of carbonyl (C=O) groups excluding carboxylic acids is 2. The van der Waals surface area contributed by atoms with Crippen LogP contribution in [0.25, 0.3) is 0 Å². The molecule has 1 aliphatic heterocycles. The highest BCUT2D eigenvalue weighted by atomic mass is 35.5. The van der Waals surface area contributed by atoms with Crippen molar-refractivity contribution in [2.24, 2.45) is 0 Å². The molecule has 132 valence electrons. The molecular weight excluding hydrogens is 330 g/mol. The van der Waals surface area contributed by atoms with Crippen molar-refractivity contribution in [1.29, 1.82) is 0 Å². The topological polar surface area (TPSA) is 63.1 Å². The first kappa shape index (κ1) is 18.5. The molecule has 1 aromatic rings. The van der Waals surface area contributed by atoms with Gasteiger partial charge < -0.3 is 15.0 Å². The van der Waals surface area contributed by atoms with Crippen molar-refractivity contribution in [3.05, 3.63) is 28.8 Å². The molecule has 0 aromatic heterocycles. The van der Waals surface area contributed by atoms with Crippen molar-refractivity contribution in [2.75, 3.05) is 38.1 Å². The number of rotatable bonds is 4. The van der Waals surface area contributed by atoms with Crippen LogP contribution in [0.4, 0.5) is 10.5 Å². The summed E-state index contributed by atoms with van der Waals surface area (Å²) < 4.78 is 5.01. The summed E-state index contributed by atoms with van der Waals surface area (Å²) in [5.74, 6) is -0.0417. The highest BCUT2D eigenvalue weighted by Gasteiger charge is 2.31. The summed E-state index contributed by atoms with van der Waals surface area (Å²) in [4.78, 5) is 27.1. The Kier molecular flexibility index (Phi) is 6.45. The van der Waals surface area contributed by atoms with E-state index in [1.165, 1.54) is 0 Å². The van der Waals surface area contributed by atoms with E-state index in [-0.39, 0.29) is 18.0 Å². The molecule has 1 aromatic carbocycles. The SMILES string of the molecule is CCOC(=O)N1CC[NH+]([C@H](C)C(=O)Nc2cc(Cl)ccc2C)CC1. The van der Waals surface area contributed by atoms with Crippen LogP contribution < -0.4 is 10.2 Å². The lowest BCUT2D eigenvalue weighted by Crippen LogP contribution is -3.19. The van der Waals surface area contributed by atoms with Gasteiger partial charge in [-0.2, -0.15) is 0 Å². The second-order valence-electron chi connectivity index (χ2n) is 6.01. The predicted octanol–water partition coefficient (Wildman–Crippen LogP) is 1.33. The zero-order valence-electron chi connectivity index (χ0n) is 14.4. The number of hydrogen-bond acceptors (Lipinski definition) is 3. The zero-order chi connectivity index (χ0) is 17.7. The summed E-state index contributed by atoms with van der Waals surface area (Å²) in [6.07, 6.45) is -0.275. The number of nitrogens with zero attached hydrogens (tertiary/aromatic N) is 1. The molecule has 0 saturated carbocycles. The van der Waals surface area contributed by atoms with Crippen LogP contribution in [0, 0.1) is 6.92 Å². The molecule has 2 N–H and O–H groups in total. The van der Waals surface area contributed by atoms with Gasteiger partial charge in [-0.05, 0) is 38.5 Å². The minimum atomic E-state index is -0.275. The highest BCUT2D eigenvalue weighted by molar-refractivity contribution is 6.31. The number of nitrogens with one attached hydrogen (secondary N) is 2. The fourth-order valence-electron chi connectivity index (χ4n) is 2.78. The lowest BCUT2D eigenvalue weighted by atomic mass is 10.1. The molecule has 0 bridgehead atoms. The van der Waals surface area contributed by atoms with Gasteiger partial charge in [0.1, 0.15) is 0 Å². The molecule has 24 heavy (non-hydrogen) atoms. The molecule has 2 rings (SSSR count). The number of amides is 2. The van der Waals surface area contributed by atoms with Crippen molar-refractivity contribution in [2.45, 2.75) is 26.8 Å². The summed E-state index contributed by atoms with van der Waals surface area (Å²) >= 11 is 5.99. The third-order valence-electron chi connectivity index (χ3n) is 4.39. The zero-order valence-corrected chi connectivity index (χ0v) is 15.2. The average Bonchev–Trinajstić information content (AvgIpc) is 2.57. The van der Waals surface area contributed by atoms with Gasteiger partial charge in [0.2, 0.25) is 0 Å². The molecule has 1 aliphatic rings. The summed E-state index contributed by atoms with van der Waals surface area (Å²) in [5.41, 5.74) is 1.71. The van der Waals surface area contributed by atoms with Gasteiger partial charge in [-0.3, -0.25) is 9.69 Å². The van der Waals surface area contributed by atoms with Gasteiger partial charge in [0.25, 0.3) is 5.91 Å². The summed E-state index contributed by atoms with van der Waals surface area (Å²) in [6.45, 7) is 8.66. The molecule has 6 nitrogen and oxygen atoms in total. The summed E-state index contributed by atoms with van der Waals surface area (Å²) in [6, 6.07) is 5.24. The molecule has 0 spiro atoms. The first-order chi connectivity index (χ1) is 11.4. The van der Waals surface area contributed by atoms with Crippen LogP contribution in [0.2, 0.25) is 5.02 Å². The second kappa shape index (κ2) is 8.35. The van der Waals surface area contributed by atoms with Gasteiger partial charge in [0, 0.05) is 10.7 Å². The lowest BCUT2D eigenvalue weighted by Gasteiger charge is -2.34. The van der Waals surface area contributed by atoms with Crippen molar-refractivity contribution in [1.82, 2.24) is 4.90 Å². The first-order valence-corrected chi connectivity index (χ1v) is 8.63. The van der Waals surface area contributed by atoms with E-state index in [1.54, 1.807) is 24.0 Å². The number of carbonyl (C=O) groups is 2. The largest absolute Gasteiger partial charge is 0.450 e. The van der Waals surface area contributed by atoms with Gasteiger partial charge >= 0.3 is 6.09 Å². The van der Waals surface area contributed by atoms with Crippen molar-refractivity contribution in [3.63, 3.8) is 0 Å². The molecule has 1 fully saturated rings. The Labute approximate surface area is 147 Å². The molecule has 1 saturated heterocycles. The van der Waals surface area contributed by atoms with Gasteiger partial charge in [-0.1, -0.05) is 17.7 Å². The molecule has 0 unspecified atom stereocenters. The molecular formula is C17H25ClN3O3+. The van der Waals surface area contributed by atoms with E-state index in [2.05, 4.69) is 5.32 Å². The van der Waals surface area contributed by atoms with Crippen LogP contribution in [-0.4, -0.2) is 55.7 Å². The van der Waals surface area contributed by atoms with E-state index in [1.807, 2.05) is 19.9 Å². The third-order valence-corrected chi connectivity index (χ3v) is 4.63. The summed E-state index contributed by atoms with van der Waals surface area (Å²) in [5, 5.41) is 3.55. The Morgan fingerprint density at radius 2 is 2.04 bits per heavy atom. The molecule has 1 atom stereocenters. The number of piperazine rings is 1. The fourth-order valence-corrected chi connectivity index (χ4v) is 2.95. The minimum Gasteiger partial charge on any atom is -0.450 e. The minimum absolute atomic E-state index is 0.0417. The lowest BCUT2D eigenvalue weighted by molar-refractivity contribution is -0.917. The molecule has 2 amide bonds. The molecule has 1 heterocycles. The maximum absolute atomic E-state index is 12.5. The van der Waals surface area contributed by atoms with Crippen LogP contribution in [-0.2, 0) is 9.53 Å². The van der Waals surface area contributed by atoms with Gasteiger partial charge in [0.15, 0.2) is 6.04 Å². The monoisotopic (exact) mass is 354 g/mol. The van der Waals surface area contributed by atoms with Crippen molar-refractivity contribution >= 4 is 29.3 Å². The Hall–Kier alpha value is -1.79. The standard InChI is InChI=1S/C17H24ClN3O3/c1-4-24-17(23)21-9-7-20(8-10-21)13(3)16(22)19-15-11-14(18)6-5-12(15)2/h5-6,11,13H,4,7-10H2,1-3H3,(H,19,22)/p+1/t13-/m1/s1. The van der Waals surface area contributed by atoms with Crippen molar-refractivity contribution < 1.29 is 19.2 Å².